The van der Waals surface area contributed by atoms with Gasteiger partial charge in [0.2, 0.25) is 15.9 Å². The van der Waals surface area contributed by atoms with E-state index in [-0.39, 0.29) is 16.5 Å². The molecule has 170 valence electrons. The summed E-state index contributed by atoms with van der Waals surface area (Å²) in [5, 5.41) is 10.4. The lowest BCUT2D eigenvalue weighted by Crippen LogP contribution is -2.28. The van der Waals surface area contributed by atoms with Gasteiger partial charge in [-0.15, -0.1) is 5.10 Å². The molecule has 9 heteroatoms. The molecule has 0 unspecified atom stereocenters. The Labute approximate surface area is 188 Å². The van der Waals surface area contributed by atoms with Crippen LogP contribution in [0.4, 0.5) is 6.01 Å². The highest BCUT2D eigenvalue weighted by Crippen LogP contribution is 2.17. The third kappa shape index (κ3) is 5.80. The molecule has 0 saturated heterocycles. The number of carbonyl (C=O) groups excluding carboxylic acids is 1. The van der Waals surface area contributed by atoms with E-state index in [1.165, 1.54) is 34.1 Å². The number of nitrogens with zero attached hydrogens (tertiary/aromatic N) is 3. The first-order valence-corrected chi connectivity index (χ1v) is 12.1. The topological polar surface area (TPSA) is 105 Å². The molecule has 0 saturated carbocycles. The number of rotatable bonds is 10. The van der Waals surface area contributed by atoms with E-state index in [9.17, 15) is 13.2 Å². The fourth-order valence-electron chi connectivity index (χ4n) is 3.07. The van der Waals surface area contributed by atoms with Crippen LogP contribution in [0.5, 0.6) is 0 Å². The van der Waals surface area contributed by atoms with Gasteiger partial charge in [0.25, 0.3) is 5.91 Å². The predicted octanol–water partition coefficient (Wildman–Crippen LogP) is 3.90. The number of aryl methyl sites for hydroxylation is 1. The van der Waals surface area contributed by atoms with Crippen molar-refractivity contribution in [2.45, 2.75) is 44.4 Å². The van der Waals surface area contributed by atoms with E-state index in [2.05, 4.69) is 34.6 Å². The van der Waals surface area contributed by atoms with Gasteiger partial charge in [0.1, 0.15) is 0 Å². The standard InChI is InChI=1S/C23H28N4O4S/c1-4-6-15-27(3)32(29,30)20-13-11-19(12-14-20)22(28)24-23-26-25-21(31-23)16-18-9-7-17(5-2)8-10-18/h7-14H,4-6,15-16H2,1-3H3,(H,24,26,28). The molecule has 0 spiro atoms. The summed E-state index contributed by atoms with van der Waals surface area (Å²) in [5.41, 5.74) is 2.57. The minimum atomic E-state index is -3.58. The first-order valence-electron chi connectivity index (χ1n) is 10.6. The first kappa shape index (κ1) is 23.6. The Morgan fingerprint density at radius 2 is 1.66 bits per heavy atom. The van der Waals surface area contributed by atoms with E-state index in [4.69, 9.17) is 4.42 Å². The van der Waals surface area contributed by atoms with E-state index in [0.29, 0.717) is 18.9 Å². The van der Waals surface area contributed by atoms with E-state index in [0.717, 1.165) is 24.8 Å². The fourth-order valence-corrected chi connectivity index (χ4v) is 4.28. The summed E-state index contributed by atoms with van der Waals surface area (Å²) in [6.45, 7) is 4.55. The van der Waals surface area contributed by atoms with Crippen molar-refractivity contribution in [3.05, 3.63) is 71.1 Å². The summed E-state index contributed by atoms with van der Waals surface area (Å²) in [7, 11) is -2.03. The van der Waals surface area contributed by atoms with Crippen LogP contribution in [-0.4, -0.2) is 42.4 Å². The Hall–Kier alpha value is -3.04. The van der Waals surface area contributed by atoms with Crippen molar-refractivity contribution in [2.24, 2.45) is 0 Å². The molecule has 0 bridgehead atoms. The third-order valence-corrected chi connectivity index (χ3v) is 7.00. The van der Waals surface area contributed by atoms with Gasteiger partial charge in [-0.2, -0.15) is 0 Å². The SMILES string of the molecule is CCCCN(C)S(=O)(=O)c1ccc(C(=O)Nc2nnc(Cc3ccc(CC)cc3)o2)cc1. The van der Waals surface area contributed by atoms with Crippen molar-refractivity contribution in [1.29, 1.82) is 0 Å². The fraction of sp³-hybridized carbons (Fsp3) is 0.348. The maximum Gasteiger partial charge on any atom is 0.322 e. The van der Waals surface area contributed by atoms with Crippen molar-refractivity contribution >= 4 is 21.9 Å². The number of anilines is 1. The molecular formula is C23H28N4O4S. The Balaban J connectivity index is 1.62. The van der Waals surface area contributed by atoms with Crippen LogP contribution in [0.3, 0.4) is 0 Å². The van der Waals surface area contributed by atoms with E-state index >= 15 is 0 Å². The molecule has 3 rings (SSSR count). The van der Waals surface area contributed by atoms with Crippen molar-refractivity contribution in [2.75, 3.05) is 18.9 Å². The molecular weight excluding hydrogens is 428 g/mol. The van der Waals surface area contributed by atoms with E-state index in [1.807, 2.05) is 19.1 Å². The molecule has 32 heavy (non-hydrogen) atoms. The Kier molecular flexibility index (Phi) is 7.76. The highest BCUT2D eigenvalue weighted by Gasteiger charge is 2.21. The molecule has 0 aliphatic rings. The van der Waals surface area contributed by atoms with Crippen LogP contribution >= 0.6 is 0 Å². The molecule has 0 atom stereocenters. The molecule has 2 aromatic carbocycles. The van der Waals surface area contributed by atoms with Gasteiger partial charge in [-0.25, -0.2) is 12.7 Å². The molecule has 3 aromatic rings. The monoisotopic (exact) mass is 456 g/mol. The summed E-state index contributed by atoms with van der Waals surface area (Å²) in [5.74, 6) is -0.0723. The number of benzene rings is 2. The van der Waals surface area contributed by atoms with Gasteiger partial charge in [0.05, 0.1) is 11.3 Å². The smallest absolute Gasteiger partial charge is 0.322 e. The van der Waals surface area contributed by atoms with Crippen LogP contribution < -0.4 is 5.32 Å². The lowest BCUT2D eigenvalue weighted by Gasteiger charge is -2.16. The number of sulfonamides is 1. The van der Waals surface area contributed by atoms with Crippen LogP contribution in [-0.2, 0) is 22.9 Å². The number of hydrogen-bond donors (Lipinski definition) is 1. The molecule has 8 nitrogen and oxygen atoms in total. The molecule has 0 fully saturated rings. The van der Waals surface area contributed by atoms with Gasteiger partial charge >= 0.3 is 6.01 Å². The first-order chi connectivity index (χ1) is 15.3. The van der Waals surface area contributed by atoms with Crippen molar-refractivity contribution in [1.82, 2.24) is 14.5 Å². The van der Waals surface area contributed by atoms with Crippen LogP contribution in [0.25, 0.3) is 0 Å². The van der Waals surface area contributed by atoms with Gasteiger partial charge in [-0.1, -0.05) is 49.6 Å². The van der Waals surface area contributed by atoms with E-state index < -0.39 is 15.9 Å². The van der Waals surface area contributed by atoms with Crippen LogP contribution in [0.15, 0.2) is 57.8 Å². The molecule has 0 radical (unpaired) electrons. The Morgan fingerprint density at radius 1 is 1.00 bits per heavy atom. The maximum absolute atomic E-state index is 12.6. The molecule has 0 aliphatic heterocycles. The van der Waals surface area contributed by atoms with Gasteiger partial charge in [0.15, 0.2) is 0 Å². The van der Waals surface area contributed by atoms with Crippen molar-refractivity contribution in [3.8, 4) is 0 Å². The lowest BCUT2D eigenvalue weighted by molar-refractivity contribution is 0.102. The molecule has 1 aromatic heterocycles. The van der Waals surface area contributed by atoms with Crippen molar-refractivity contribution in [3.63, 3.8) is 0 Å². The molecule has 1 N–H and O–H groups in total. The minimum absolute atomic E-state index is 0.00817. The second-order valence-corrected chi connectivity index (χ2v) is 9.55. The second kappa shape index (κ2) is 10.5. The highest BCUT2D eigenvalue weighted by atomic mass is 32.2. The number of carbonyl (C=O) groups is 1. The molecule has 1 amide bonds. The maximum atomic E-state index is 12.6. The van der Waals surface area contributed by atoms with Gasteiger partial charge in [0, 0.05) is 19.2 Å². The number of amides is 1. The van der Waals surface area contributed by atoms with Crippen LogP contribution in [0.2, 0.25) is 0 Å². The average molecular weight is 457 g/mol. The second-order valence-electron chi connectivity index (χ2n) is 7.51. The van der Waals surface area contributed by atoms with Gasteiger partial charge in [-0.3, -0.25) is 10.1 Å². The largest absolute Gasteiger partial charge is 0.407 e. The number of unbranched alkanes of at least 4 members (excludes halogenated alkanes) is 1. The van der Waals surface area contributed by atoms with Crippen molar-refractivity contribution < 1.29 is 17.6 Å². The number of hydrogen-bond acceptors (Lipinski definition) is 6. The zero-order valence-corrected chi connectivity index (χ0v) is 19.4. The van der Waals surface area contributed by atoms with Crippen LogP contribution in [0, 0.1) is 0 Å². The van der Waals surface area contributed by atoms with Gasteiger partial charge in [-0.05, 0) is 48.2 Å². The summed E-state index contributed by atoms with van der Waals surface area (Å²) >= 11 is 0. The van der Waals surface area contributed by atoms with Gasteiger partial charge < -0.3 is 4.42 Å². The van der Waals surface area contributed by atoms with Crippen LogP contribution in [0.1, 0.15) is 54.1 Å². The summed E-state index contributed by atoms with van der Waals surface area (Å²) in [6, 6.07) is 13.9. The Bertz CT molecular complexity index is 1140. The number of aromatic nitrogens is 2. The lowest BCUT2D eigenvalue weighted by atomic mass is 10.1. The van der Waals surface area contributed by atoms with E-state index in [1.54, 1.807) is 7.05 Å². The third-order valence-electron chi connectivity index (χ3n) is 5.13. The molecule has 0 aliphatic carbocycles. The Morgan fingerprint density at radius 3 is 2.28 bits per heavy atom. The summed E-state index contributed by atoms with van der Waals surface area (Å²) in [4.78, 5) is 12.6. The zero-order valence-electron chi connectivity index (χ0n) is 18.5. The summed E-state index contributed by atoms with van der Waals surface area (Å²) < 4.78 is 32.0. The number of nitrogens with one attached hydrogen (secondary N) is 1. The quantitative estimate of drug-likeness (QED) is 0.496. The normalized spacial score (nSPS) is 11.6. The minimum Gasteiger partial charge on any atom is -0.407 e. The highest BCUT2D eigenvalue weighted by molar-refractivity contribution is 7.89. The molecule has 1 heterocycles. The average Bonchev–Trinajstić information content (AvgIpc) is 3.24. The predicted molar refractivity (Wildman–Crippen MR) is 122 cm³/mol. The zero-order chi connectivity index (χ0) is 23.1. The summed E-state index contributed by atoms with van der Waals surface area (Å²) in [6.07, 6.45) is 3.12.